The number of H-pyrrole nitrogens is 1. The molecular formula is C33H65N2+. The van der Waals surface area contributed by atoms with Gasteiger partial charge in [0.25, 0.3) is 5.82 Å². The van der Waals surface area contributed by atoms with E-state index in [0.29, 0.717) is 12.0 Å². The van der Waals surface area contributed by atoms with Gasteiger partial charge in [0.1, 0.15) is 12.4 Å². The minimum Gasteiger partial charge on any atom is -0.247 e. The molecule has 2 atom stereocenters. The lowest BCUT2D eigenvalue weighted by Crippen LogP contribution is -2.40. The maximum absolute atomic E-state index is 3.58. The lowest BCUT2D eigenvalue weighted by Gasteiger charge is -2.14. The van der Waals surface area contributed by atoms with E-state index in [0.717, 1.165) is 0 Å². The van der Waals surface area contributed by atoms with Gasteiger partial charge in [-0.3, -0.25) is 0 Å². The van der Waals surface area contributed by atoms with E-state index < -0.39 is 0 Å². The van der Waals surface area contributed by atoms with Crippen molar-refractivity contribution in [1.29, 1.82) is 0 Å². The Morgan fingerprint density at radius 1 is 0.543 bits per heavy atom. The first kappa shape index (κ1) is 32.2. The first-order valence-electron chi connectivity index (χ1n) is 16.3. The molecule has 0 aliphatic heterocycles. The van der Waals surface area contributed by atoms with Gasteiger partial charge in [-0.15, -0.1) is 0 Å². The highest BCUT2D eigenvalue weighted by Crippen LogP contribution is 2.21. The van der Waals surface area contributed by atoms with Crippen LogP contribution in [0, 0.1) is 0 Å². The highest BCUT2D eigenvalue weighted by molar-refractivity contribution is 4.87. The molecule has 0 radical (unpaired) electrons. The lowest BCUT2D eigenvalue weighted by atomic mass is 10.00. The molecule has 0 saturated heterocycles. The van der Waals surface area contributed by atoms with E-state index in [4.69, 9.17) is 0 Å². The largest absolute Gasteiger partial charge is 0.257 e. The van der Waals surface area contributed by atoms with Crippen molar-refractivity contribution in [2.75, 3.05) is 0 Å². The maximum Gasteiger partial charge on any atom is 0.257 e. The van der Waals surface area contributed by atoms with E-state index in [-0.39, 0.29) is 0 Å². The van der Waals surface area contributed by atoms with Crippen LogP contribution in [-0.2, 0) is 0 Å². The van der Waals surface area contributed by atoms with Gasteiger partial charge >= 0.3 is 0 Å². The molecule has 206 valence electrons. The van der Waals surface area contributed by atoms with Crippen LogP contribution in [0.3, 0.4) is 0 Å². The molecule has 1 heterocycles. The van der Waals surface area contributed by atoms with Crippen LogP contribution in [0.15, 0.2) is 12.4 Å². The molecule has 0 aliphatic carbocycles. The summed E-state index contributed by atoms with van der Waals surface area (Å²) >= 11 is 0. The highest BCUT2D eigenvalue weighted by atomic mass is 15.1. The second kappa shape index (κ2) is 23.6. The fraction of sp³-hybridized carbons (Fsp3) is 0.909. The Balaban J connectivity index is 2.06. The van der Waals surface area contributed by atoms with Crippen molar-refractivity contribution in [3.8, 4) is 0 Å². The quantitative estimate of drug-likeness (QED) is 0.0985. The van der Waals surface area contributed by atoms with E-state index in [1.807, 2.05) is 0 Å². The molecular weight excluding hydrogens is 424 g/mol. The Labute approximate surface area is 221 Å². The van der Waals surface area contributed by atoms with Gasteiger partial charge < -0.3 is 0 Å². The van der Waals surface area contributed by atoms with Gasteiger partial charge in [0, 0.05) is 0 Å². The van der Waals surface area contributed by atoms with Gasteiger partial charge in [-0.2, -0.15) is 0 Å². The standard InChI is InChI=1S/C33H64N2/c1-5-7-9-11-13-15-17-18-20-22-24-26-28-32(4)35-30-29-34-33(35)31(3)27-25-23-21-19-16-14-12-10-8-6-2/h29-32H,5-28H2,1-4H3/p+1. The SMILES string of the molecule is CCCCCCCCCCCCCCC(C)[n+]1cc[nH]c1C(C)CCCCCCCCCCCC. The molecule has 35 heavy (non-hydrogen) atoms. The number of hydrogen-bond donors (Lipinski definition) is 1. The molecule has 2 unspecified atom stereocenters. The molecule has 0 aliphatic rings. The van der Waals surface area contributed by atoms with Crippen LogP contribution in [0.5, 0.6) is 0 Å². The number of nitrogens with zero attached hydrogens (tertiary/aromatic N) is 1. The molecule has 0 amide bonds. The number of rotatable bonds is 26. The molecule has 1 N–H and O–H groups in total. The van der Waals surface area contributed by atoms with E-state index >= 15 is 0 Å². The van der Waals surface area contributed by atoms with Crippen LogP contribution in [0.1, 0.15) is 200 Å². The van der Waals surface area contributed by atoms with E-state index in [1.165, 1.54) is 160 Å². The van der Waals surface area contributed by atoms with Gasteiger partial charge in [-0.25, -0.2) is 9.55 Å². The molecule has 0 spiro atoms. The van der Waals surface area contributed by atoms with Crippen molar-refractivity contribution < 1.29 is 4.57 Å². The van der Waals surface area contributed by atoms with Gasteiger partial charge in [0.05, 0.1) is 12.0 Å². The average Bonchev–Trinajstić information content (AvgIpc) is 3.36. The highest BCUT2D eigenvalue weighted by Gasteiger charge is 2.22. The molecule has 1 aromatic heterocycles. The molecule has 1 rings (SSSR count). The summed E-state index contributed by atoms with van der Waals surface area (Å²) in [6, 6.07) is 0.620. The Morgan fingerprint density at radius 3 is 1.34 bits per heavy atom. The van der Waals surface area contributed by atoms with Gasteiger partial charge in [0.15, 0.2) is 0 Å². The van der Waals surface area contributed by atoms with E-state index in [9.17, 15) is 0 Å². The van der Waals surface area contributed by atoms with Crippen LogP contribution in [0.25, 0.3) is 0 Å². The van der Waals surface area contributed by atoms with Crippen molar-refractivity contribution in [2.24, 2.45) is 0 Å². The minimum absolute atomic E-state index is 0.620. The summed E-state index contributed by atoms with van der Waals surface area (Å²) in [5.74, 6) is 2.09. The molecule has 0 bridgehead atoms. The molecule has 0 aromatic carbocycles. The second-order valence-electron chi connectivity index (χ2n) is 11.7. The van der Waals surface area contributed by atoms with Gasteiger partial charge in [-0.1, -0.05) is 156 Å². The van der Waals surface area contributed by atoms with Crippen molar-refractivity contribution in [1.82, 2.24) is 4.98 Å². The Morgan fingerprint density at radius 2 is 0.914 bits per heavy atom. The number of nitrogens with one attached hydrogen (secondary N) is 1. The summed E-state index contributed by atoms with van der Waals surface area (Å²) in [4.78, 5) is 3.58. The summed E-state index contributed by atoms with van der Waals surface area (Å²) in [6.07, 6.45) is 38.6. The summed E-state index contributed by atoms with van der Waals surface area (Å²) in [6.45, 7) is 9.45. The first-order valence-corrected chi connectivity index (χ1v) is 16.3. The zero-order valence-corrected chi connectivity index (χ0v) is 24.7. The lowest BCUT2D eigenvalue weighted by molar-refractivity contribution is -0.727. The number of aromatic nitrogens is 2. The van der Waals surface area contributed by atoms with Crippen molar-refractivity contribution in [3.63, 3.8) is 0 Å². The maximum atomic E-state index is 3.58. The summed E-state index contributed by atoms with van der Waals surface area (Å²) in [5.41, 5.74) is 0. The summed E-state index contributed by atoms with van der Waals surface area (Å²) in [5, 5.41) is 0. The Bertz CT molecular complexity index is 549. The second-order valence-corrected chi connectivity index (χ2v) is 11.7. The van der Waals surface area contributed by atoms with Gasteiger partial charge in [-0.05, 0) is 26.2 Å². The Kier molecular flexibility index (Phi) is 21.7. The summed E-state index contributed by atoms with van der Waals surface area (Å²) < 4.78 is 2.54. The third-order valence-electron chi connectivity index (χ3n) is 8.15. The van der Waals surface area contributed by atoms with Crippen molar-refractivity contribution in [3.05, 3.63) is 18.2 Å². The van der Waals surface area contributed by atoms with Crippen LogP contribution >= 0.6 is 0 Å². The molecule has 2 nitrogen and oxygen atoms in total. The molecule has 0 saturated carbocycles. The first-order chi connectivity index (χ1) is 17.2. The number of unbranched alkanes of at least 4 members (excludes halogenated alkanes) is 20. The fourth-order valence-electron chi connectivity index (χ4n) is 5.63. The predicted molar refractivity (Wildman–Crippen MR) is 156 cm³/mol. The number of hydrogen-bond acceptors (Lipinski definition) is 0. The van der Waals surface area contributed by atoms with Crippen molar-refractivity contribution in [2.45, 2.75) is 194 Å². The fourth-order valence-corrected chi connectivity index (χ4v) is 5.63. The number of imidazole rings is 1. The van der Waals surface area contributed by atoms with Crippen LogP contribution in [-0.4, -0.2) is 4.98 Å². The van der Waals surface area contributed by atoms with Crippen LogP contribution in [0.4, 0.5) is 0 Å². The smallest absolute Gasteiger partial charge is 0.247 e. The van der Waals surface area contributed by atoms with Crippen LogP contribution < -0.4 is 4.57 Å². The topological polar surface area (TPSA) is 19.7 Å². The monoisotopic (exact) mass is 490 g/mol. The third-order valence-corrected chi connectivity index (χ3v) is 8.15. The average molecular weight is 490 g/mol. The van der Waals surface area contributed by atoms with Crippen LogP contribution in [0.2, 0.25) is 0 Å². The molecule has 0 fully saturated rings. The normalized spacial score (nSPS) is 13.4. The van der Waals surface area contributed by atoms with E-state index in [1.54, 1.807) is 0 Å². The van der Waals surface area contributed by atoms with E-state index in [2.05, 4.69) is 49.6 Å². The number of aromatic amines is 1. The molecule has 1 aromatic rings. The Hall–Kier alpha value is -0.790. The molecule has 2 heteroatoms. The zero-order chi connectivity index (χ0) is 25.4. The summed E-state index contributed by atoms with van der Waals surface area (Å²) in [7, 11) is 0. The third kappa shape index (κ3) is 17.3. The predicted octanol–water partition coefficient (Wildman–Crippen LogP) is 11.4. The van der Waals surface area contributed by atoms with Crippen molar-refractivity contribution >= 4 is 0 Å². The minimum atomic E-state index is 0.620. The zero-order valence-electron chi connectivity index (χ0n) is 24.7. The van der Waals surface area contributed by atoms with Gasteiger partial charge in [0.2, 0.25) is 0 Å².